The molecular weight excluding hydrogens is 126 g/mol. The van der Waals surface area contributed by atoms with E-state index in [4.69, 9.17) is 11.5 Å². The van der Waals surface area contributed by atoms with Crippen molar-refractivity contribution in [1.29, 1.82) is 0 Å². The molecule has 2 heteroatoms. The summed E-state index contributed by atoms with van der Waals surface area (Å²) in [6.07, 6.45) is 5.90. The van der Waals surface area contributed by atoms with E-state index in [9.17, 15) is 0 Å². The standard InChI is InChI=1S/C8H11NO/c1-3-6-7(4-5-10)8(6)9-2/h1,8-10H,4-5H2,2H3. The predicted octanol–water partition coefficient (Wildman–Crippen LogP) is -0.0998. The van der Waals surface area contributed by atoms with E-state index in [1.54, 1.807) is 0 Å². The molecule has 0 bridgehead atoms. The number of nitrogens with one attached hydrogen (secondary N) is 1. The highest BCUT2D eigenvalue weighted by Crippen LogP contribution is 2.32. The summed E-state index contributed by atoms with van der Waals surface area (Å²) in [5.74, 6) is 2.58. The lowest BCUT2D eigenvalue weighted by atomic mass is 10.3. The fraction of sp³-hybridized carbons (Fsp3) is 0.500. The van der Waals surface area contributed by atoms with Crippen LogP contribution in [0.2, 0.25) is 0 Å². The summed E-state index contributed by atoms with van der Waals surface area (Å²) >= 11 is 0. The van der Waals surface area contributed by atoms with Gasteiger partial charge in [-0.15, -0.1) is 6.42 Å². The average molecular weight is 137 g/mol. The highest BCUT2D eigenvalue weighted by molar-refractivity contribution is 5.56. The molecule has 1 aliphatic rings. The molecule has 0 fully saturated rings. The van der Waals surface area contributed by atoms with Gasteiger partial charge in [-0.25, -0.2) is 0 Å². The van der Waals surface area contributed by atoms with Gasteiger partial charge in [0.15, 0.2) is 0 Å². The van der Waals surface area contributed by atoms with Crippen molar-refractivity contribution < 1.29 is 5.11 Å². The molecule has 54 valence electrons. The molecule has 0 spiro atoms. The number of hydrogen-bond acceptors (Lipinski definition) is 2. The highest BCUT2D eigenvalue weighted by atomic mass is 16.3. The first-order valence-corrected chi connectivity index (χ1v) is 3.32. The average Bonchev–Trinajstić information content (AvgIpc) is 2.62. The van der Waals surface area contributed by atoms with Crippen molar-refractivity contribution in [3.8, 4) is 12.3 Å². The second-order valence-electron chi connectivity index (χ2n) is 2.28. The summed E-state index contributed by atoms with van der Waals surface area (Å²) in [5, 5.41) is 11.6. The lowest BCUT2D eigenvalue weighted by Crippen LogP contribution is -2.13. The van der Waals surface area contributed by atoms with E-state index in [-0.39, 0.29) is 12.6 Å². The van der Waals surface area contributed by atoms with Gasteiger partial charge in [-0.05, 0) is 19.0 Å². The number of aliphatic hydroxyl groups is 1. The molecular formula is C8H11NO. The zero-order chi connectivity index (χ0) is 7.56. The van der Waals surface area contributed by atoms with E-state index >= 15 is 0 Å². The van der Waals surface area contributed by atoms with Crippen LogP contribution in [-0.4, -0.2) is 24.8 Å². The molecule has 10 heavy (non-hydrogen) atoms. The molecule has 2 nitrogen and oxygen atoms in total. The van der Waals surface area contributed by atoms with Crippen LogP contribution in [0.1, 0.15) is 6.42 Å². The van der Waals surface area contributed by atoms with Gasteiger partial charge in [-0.2, -0.15) is 0 Å². The van der Waals surface area contributed by atoms with Gasteiger partial charge < -0.3 is 10.4 Å². The minimum Gasteiger partial charge on any atom is -0.396 e. The van der Waals surface area contributed by atoms with E-state index in [0.29, 0.717) is 6.42 Å². The zero-order valence-electron chi connectivity index (χ0n) is 6.02. The fourth-order valence-electron chi connectivity index (χ4n) is 1.16. The Morgan fingerprint density at radius 3 is 2.80 bits per heavy atom. The van der Waals surface area contributed by atoms with Gasteiger partial charge in [0.2, 0.25) is 0 Å². The van der Waals surface area contributed by atoms with Gasteiger partial charge in [0.05, 0.1) is 6.04 Å². The van der Waals surface area contributed by atoms with Gasteiger partial charge in [0.1, 0.15) is 0 Å². The van der Waals surface area contributed by atoms with Crippen molar-refractivity contribution in [2.24, 2.45) is 0 Å². The van der Waals surface area contributed by atoms with Crippen molar-refractivity contribution in [1.82, 2.24) is 5.32 Å². The van der Waals surface area contributed by atoms with Crippen LogP contribution in [-0.2, 0) is 0 Å². The first-order chi connectivity index (χ1) is 4.85. The minimum atomic E-state index is 0.193. The molecule has 0 saturated heterocycles. The van der Waals surface area contributed by atoms with Gasteiger partial charge in [0, 0.05) is 12.2 Å². The van der Waals surface area contributed by atoms with E-state index in [0.717, 1.165) is 5.57 Å². The normalized spacial score (nSPS) is 22.7. The van der Waals surface area contributed by atoms with Crippen LogP contribution in [0.4, 0.5) is 0 Å². The van der Waals surface area contributed by atoms with Crippen LogP contribution < -0.4 is 5.32 Å². The maximum atomic E-state index is 8.57. The molecule has 0 aliphatic heterocycles. The molecule has 0 saturated carbocycles. The van der Waals surface area contributed by atoms with E-state index in [1.165, 1.54) is 5.57 Å². The molecule has 0 aromatic rings. The lowest BCUT2D eigenvalue weighted by Gasteiger charge is -1.93. The summed E-state index contributed by atoms with van der Waals surface area (Å²) in [6.45, 7) is 0.193. The van der Waals surface area contributed by atoms with Crippen molar-refractivity contribution >= 4 is 0 Å². The molecule has 1 atom stereocenters. The summed E-state index contributed by atoms with van der Waals surface area (Å²) in [7, 11) is 1.87. The molecule has 2 N–H and O–H groups in total. The number of terminal acetylenes is 1. The summed E-state index contributed by atoms with van der Waals surface area (Å²) in [6, 6.07) is 0.289. The molecule has 0 aromatic carbocycles. The zero-order valence-corrected chi connectivity index (χ0v) is 6.02. The minimum absolute atomic E-state index is 0.193. The third kappa shape index (κ3) is 1.06. The van der Waals surface area contributed by atoms with Crippen molar-refractivity contribution in [3.05, 3.63) is 11.1 Å². The Hall–Kier alpha value is -0.780. The molecule has 0 aromatic heterocycles. The summed E-state index contributed by atoms with van der Waals surface area (Å²) in [5.41, 5.74) is 2.21. The van der Waals surface area contributed by atoms with Crippen LogP contribution in [0.15, 0.2) is 11.1 Å². The topological polar surface area (TPSA) is 32.3 Å². The van der Waals surface area contributed by atoms with Gasteiger partial charge >= 0.3 is 0 Å². The summed E-state index contributed by atoms with van der Waals surface area (Å²) in [4.78, 5) is 0. The number of aliphatic hydroxyl groups excluding tert-OH is 1. The van der Waals surface area contributed by atoms with Gasteiger partial charge in [0.25, 0.3) is 0 Å². The van der Waals surface area contributed by atoms with Crippen molar-refractivity contribution in [2.75, 3.05) is 13.7 Å². The van der Waals surface area contributed by atoms with E-state index in [2.05, 4.69) is 11.2 Å². The van der Waals surface area contributed by atoms with Crippen LogP contribution in [0.5, 0.6) is 0 Å². The second kappa shape index (κ2) is 2.87. The number of likely N-dealkylation sites (N-methyl/N-ethyl adjacent to an activating group) is 1. The molecule has 0 radical (unpaired) electrons. The van der Waals surface area contributed by atoms with Crippen molar-refractivity contribution in [3.63, 3.8) is 0 Å². The summed E-state index contributed by atoms with van der Waals surface area (Å²) < 4.78 is 0. The van der Waals surface area contributed by atoms with Gasteiger partial charge in [-0.1, -0.05) is 5.92 Å². The molecule has 1 unspecified atom stereocenters. The van der Waals surface area contributed by atoms with Crippen LogP contribution >= 0.6 is 0 Å². The third-order valence-electron chi connectivity index (χ3n) is 1.73. The Morgan fingerprint density at radius 1 is 1.80 bits per heavy atom. The molecule has 0 heterocycles. The maximum Gasteiger partial charge on any atom is 0.0627 e. The maximum absolute atomic E-state index is 8.57. The van der Waals surface area contributed by atoms with Crippen LogP contribution in [0, 0.1) is 12.3 Å². The molecule has 1 aliphatic carbocycles. The first-order valence-electron chi connectivity index (χ1n) is 3.32. The smallest absolute Gasteiger partial charge is 0.0627 e. The fourth-order valence-corrected chi connectivity index (χ4v) is 1.16. The van der Waals surface area contributed by atoms with E-state index in [1.807, 2.05) is 7.05 Å². The Morgan fingerprint density at radius 2 is 2.50 bits per heavy atom. The molecule has 0 amide bonds. The number of rotatable bonds is 3. The largest absolute Gasteiger partial charge is 0.396 e. The third-order valence-corrected chi connectivity index (χ3v) is 1.73. The number of hydrogen-bond donors (Lipinski definition) is 2. The van der Waals surface area contributed by atoms with Crippen molar-refractivity contribution in [2.45, 2.75) is 12.5 Å². The Bertz CT molecular complexity index is 200. The highest BCUT2D eigenvalue weighted by Gasteiger charge is 2.32. The SMILES string of the molecule is C#CC1=C(CCO)C1NC. The van der Waals surface area contributed by atoms with E-state index < -0.39 is 0 Å². The lowest BCUT2D eigenvalue weighted by molar-refractivity contribution is 0.299. The van der Waals surface area contributed by atoms with Gasteiger partial charge in [-0.3, -0.25) is 0 Å². The molecule has 1 rings (SSSR count). The monoisotopic (exact) mass is 137 g/mol. The predicted molar refractivity (Wildman–Crippen MR) is 40.4 cm³/mol. The Balaban J connectivity index is 2.45. The second-order valence-corrected chi connectivity index (χ2v) is 2.28. The Labute approximate surface area is 60.9 Å². The Kier molecular flexibility index (Phi) is 2.10. The quantitative estimate of drug-likeness (QED) is 0.532. The van der Waals surface area contributed by atoms with Crippen LogP contribution in [0.25, 0.3) is 0 Å². The first kappa shape index (κ1) is 7.33. The van der Waals surface area contributed by atoms with Crippen LogP contribution in [0.3, 0.4) is 0 Å².